The van der Waals surface area contributed by atoms with E-state index in [-0.39, 0.29) is 0 Å². The smallest absolute Gasteiger partial charge is 0.138 e. The lowest BCUT2D eigenvalue weighted by atomic mass is 10.1. The normalized spacial score (nSPS) is 15.4. The summed E-state index contributed by atoms with van der Waals surface area (Å²) in [7, 11) is 0. The van der Waals surface area contributed by atoms with E-state index in [4.69, 9.17) is 9.47 Å². The Morgan fingerprint density at radius 3 is 2.88 bits per heavy atom. The Hall–Kier alpha value is -2.44. The molecule has 26 heavy (non-hydrogen) atoms. The molecule has 0 saturated carbocycles. The van der Waals surface area contributed by atoms with Crippen LogP contribution in [-0.2, 0) is 11.2 Å². The quantitative estimate of drug-likeness (QED) is 0.739. The van der Waals surface area contributed by atoms with E-state index in [1.165, 1.54) is 11.1 Å². The lowest BCUT2D eigenvalue weighted by molar-refractivity contribution is 0.0322. The molecule has 6 heteroatoms. The van der Waals surface area contributed by atoms with Crippen molar-refractivity contribution in [3.63, 3.8) is 0 Å². The average molecular weight is 352 g/mol. The molecule has 0 amide bonds. The van der Waals surface area contributed by atoms with Gasteiger partial charge < -0.3 is 14.5 Å². The first-order valence-corrected chi connectivity index (χ1v) is 9.08. The molecule has 0 aliphatic carbocycles. The van der Waals surface area contributed by atoms with E-state index in [1.54, 1.807) is 6.20 Å². The first-order chi connectivity index (χ1) is 12.8. The van der Waals surface area contributed by atoms with Gasteiger partial charge in [-0.05, 0) is 30.2 Å². The van der Waals surface area contributed by atoms with Gasteiger partial charge in [0, 0.05) is 49.5 Å². The van der Waals surface area contributed by atoms with Crippen molar-refractivity contribution in [3.05, 3.63) is 53.6 Å². The zero-order valence-electron chi connectivity index (χ0n) is 15.1. The molecule has 6 nitrogen and oxygen atoms in total. The van der Waals surface area contributed by atoms with Crippen molar-refractivity contribution in [1.82, 2.24) is 19.9 Å². The van der Waals surface area contributed by atoms with Gasteiger partial charge >= 0.3 is 0 Å². The third-order valence-corrected chi connectivity index (χ3v) is 4.74. The second-order valence-corrected chi connectivity index (χ2v) is 6.67. The highest BCUT2D eigenvalue weighted by molar-refractivity contribution is 5.81. The number of fused-ring (bicyclic) bond motifs is 1. The molecule has 1 N–H and O–H groups in total. The maximum absolute atomic E-state index is 5.94. The first-order valence-electron chi connectivity index (χ1n) is 9.08. The molecule has 4 heterocycles. The van der Waals surface area contributed by atoms with Crippen molar-refractivity contribution in [1.29, 1.82) is 0 Å². The van der Waals surface area contributed by atoms with Crippen LogP contribution in [0, 0.1) is 6.92 Å². The van der Waals surface area contributed by atoms with Gasteiger partial charge in [0.25, 0.3) is 0 Å². The van der Waals surface area contributed by atoms with E-state index in [9.17, 15) is 0 Å². The number of H-pyrrole nitrogens is 1. The van der Waals surface area contributed by atoms with Crippen molar-refractivity contribution >= 4 is 11.0 Å². The Labute approximate surface area is 153 Å². The molecule has 0 bridgehead atoms. The standard InChI is InChI=1S/C20H24N4O2/c1-15-2-3-16(12-21-15)10-17-13-22-20-19(17)11-18(14-23-20)26-9-6-24-4-7-25-8-5-24/h2-3,11-14H,4-10H2,1H3,(H,22,23). The van der Waals surface area contributed by atoms with Crippen LogP contribution < -0.4 is 4.74 Å². The Morgan fingerprint density at radius 1 is 1.19 bits per heavy atom. The van der Waals surface area contributed by atoms with Crippen LogP contribution in [0.2, 0.25) is 0 Å². The van der Waals surface area contributed by atoms with Gasteiger partial charge in [-0.25, -0.2) is 4.98 Å². The largest absolute Gasteiger partial charge is 0.491 e. The molecule has 0 radical (unpaired) electrons. The first kappa shape index (κ1) is 17.0. The summed E-state index contributed by atoms with van der Waals surface area (Å²) in [5, 5.41) is 1.11. The minimum atomic E-state index is 0.662. The van der Waals surface area contributed by atoms with Crippen LogP contribution in [0.1, 0.15) is 16.8 Å². The summed E-state index contributed by atoms with van der Waals surface area (Å²) in [5.74, 6) is 0.814. The van der Waals surface area contributed by atoms with E-state index in [2.05, 4.69) is 32.0 Å². The molecule has 1 aliphatic heterocycles. The molecule has 1 saturated heterocycles. The molecular formula is C20H24N4O2. The van der Waals surface area contributed by atoms with Crippen LogP contribution in [0.3, 0.4) is 0 Å². The molecule has 1 fully saturated rings. The van der Waals surface area contributed by atoms with Gasteiger partial charge in [-0.2, -0.15) is 0 Å². The SMILES string of the molecule is Cc1ccc(Cc2c[nH]c3ncc(OCCN4CCOCC4)cc23)cn1. The number of ether oxygens (including phenoxy) is 2. The molecule has 3 aromatic heterocycles. The summed E-state index contributed by atoms with van der Waals surface area (Å²) < 4.78 is 11.3. The maximum Gasteiger partial charge on any atom is 0.138 e. The Balaban J connectivity index is 1.43. The van der Waals surface area contributed by atoms with Crippen molar-refractivity contribution in [2.24, 2.45) is 0 Å². The number of hydrogen-bond acceptors (Lipinski definition) is 5. The van der Waals surface area contributed by atoms with Crippen LogP contribution in [0.4, 0.5) is 0 Å². The number of morpholine rings is 1. The Morgan fingerprint density at radius 2 is 2.08 bits per heavy atom. The summed E-state index contributed by atoms with van der Waals surface area (Å²) >= 11 is 0. The molecule has 0 unspecified atom stereocenters. The van der Waals surface area contributed by atoms with Gasteiger partial charge in [-0.1, -0.05) is 6.07 Å². The monoisotopic (exact) mass is 352 g/mol. The minimum Gasteiger partial charge on any atom is -0.491 e. The number of nitrogens with zero attached hydrogens (tertiary/aromatic N) is 3. The fourth-order valence-corrected chi connectivity index (χ4v) is 3.20. The van der Waals surface area contributed by atoms with E-state index in [0.717, 1.165) is 61.7 Å². The van der Waals surface area contributed by atoms with Gasteiger partial charge in [0.15, 0.2) is 0 Å². The van der Waals surface area contributed by atoms with Crippen LogP contribution in [-0.4, -0.2) is 59.3 Å². The summed E-state index contributed by atoms with van der Waals surface area (Å²) in [5.41, 5.74) is 4.32. The predicted molar refractivity (Wildman–Crippen MR) is 101 cm³/mol. The third kappa shape index (κ3) is 4.03. The number of aryl methyl sites for hydroxylation is 1. The zero-order valence-corrected chi connectivity index (χ0v) is 15.1. The second kappa shape index (κ2) is 7.85. The third-order valence-electron chi connectivity index (χ3n) is 4.74. The van der Waals surface area contributed by atoms with Crippen molar-refractivity contribution in [2.45, 2.75) is 13.3 Å². The lowest BCUT2D eigenvalue weighted by Gasteiger charge is -2.26. The molecule has 0 atom stereocenters. The highest BCUT2D eigenvalue weighted by Crippen LogP contribution is 2.23. The van der Waals surface area contributed by atoms with Gasteiger partial charge in [-0.15, -0.1) is 0 Å². The van der Waals surface area contributed by atoms with E-state index < -0.39 is 0 Å². The predicted octanol–water partition coefficient (Wildman–Crippen LogP) is 2.57. The Kier molecular flexibility index (Phi) is 5.13. The molecule has 136 valence electrons. The number of hydrogen-bond donors (Lipinski definition) is 1. The van der Waals surface area contributed by atoms with E-state index >= 15 is 0 Å². The van der Waals surface area contributed by atoms with Crippen molar-refractivity contribution in [3.8, 4) is 5.75 Å². The number of aromatic amines is 1. The highest BCUT2D eigenvalue weighted by atomic mass is 16.5. The van der Waals surface area contributed by atoms with E-state index in [0.29, 0.717) is 6.61 Å². The molecule has 1 aliphatic rings. The number of rotatable bonds is 6. The van der Waals surface area contributed by atoms with Gasteiger partial charge in [0.1, 0.15) is 18.0 Å². The average Bonchev–Trinajstić information content (AvgIpc) is 3.07. The summed E-state index contributed by atoms with van der Waals surface area (Å²) in [6.07, 6.45) is 6.57. The maximum atomic E-state index is 5.94. The minimum absolute atomic E-state index is 0.662. The van der Waals surface area contributed by atoms with Crippen LogP contribution in [0.5, 0.6) is 5.75 Å². The summed E-state index contributed by atoms with van der Waals surface area (Å²) in [6, 6.07) is 6.25. The van der Waals surface area contributed by atoms with Crippen LogP contribution >= 0.6 is 0 Å². The van der Waals surface area contributed by atoms with Crippen LogP contribution in [0.25, 0.3) is 11.0 Å². The summed E-state index contributed by atoms with van der Waals surface area (Å²) in [4.78, 5) is 14.5. The van der Waals surface area contributed by atoms with Gasteiger partial charge in [-0.3, -0.25) is 9.88 Å². The van der Waals surface area contributed by atoms with Gasteiger partial charge in [0.2, 0.25) is 0 Å². The zero-order chi connectivity index (χ0) is 17.8. The molecular weight excluding hydrogens is 328 g/mol. The molecule has 3 aromatic rings. The van der Waals surface area contributed by atoms with E-state index in [1.807, 2.05) is 25.4 Å². The van der Waals surface area contributed by atoms with Crippen LogP contribution in [0.15, 0.2) is 36.8 Å². The topological polar surface area (TPSA) is 63.3 Å². The Bertz CT molecular complexity index is 854. The molecule has 0 spiro atoms. The number of nitrogens with one attached hydrogen (secondary N) is 1. The number of aromatic nitrogens is 3. The second-order valence-electron chi connectivity index (χ2n) is 6.67. The highest BCUT2D eigenvalue weighted by Gasteiger charge is 2.11. The lowest BCUT2D eigenvalue weighted by Crippen LogP contribution is -2.38. The number of pyridine rings is 2. The van der Waals surface area contributed by atoms with Crippen molar-refractivity contribution < 1.29 is 9.47 Å². The summed E-state index contributed by atoms with van der Waals surface area (Å²) in [6.45, 7) is 7.16. The van der Waals surface area contributed by atoms with Crippen molar-refractivity contribution in [2.75, 3.05) is 39.5 Å². The molecule has 4 rings (SSSR count). The fraction of sp³-hybridized carbons (Fsp3) is 0.400. The molecule has 0 aromatic carbocycles. The fourth-order valence-electron chi connectivity index (χ4n) is 3.20. The van der Waals surface area contributed by atoms with Gasteiger partial charge in [0.05, 0.1) is 19.4 Å².